The van der Waals surface area contributed by atoms with Crippen LogP contribution in [0.3, 0.4) is 0 Å². The average Bonchev–Trinajstić information content (AvgIpc) is 3.41. The van der Waals surface area contributed by atoms with Crippen LogP contribution in [0.15, 0.2) is 41.5 Å². The van der Waals surface area contributed by atoms with Crippen LogP contribution in [-0.2, 0) is 11.3 Å². The van der Waals surface area contributed by atoms with Crippen molar-refractivity contribution in [2.45, 2.75) is 39.3 Å². The molecular weight excluding hydrogens is 390 g/mol. The number of rotatable bonds is 8. The number of carbonyl (C=O) groups is 1. The Labute approximate surface area is 185 Å². The Morgan fingerprint density at radius 3 is 2.77 bits per heavy atom. The first-order chi connectivity index (χ1) is 15.0. The summed E-state index contributed by atoms with van der Waals surface area (Å²) in [5, 5.41) is 11.2. The second-order valence-corrected chi connectivity index (χ2v) is 8.14. The van der Waals surface area contributed by atoms with E-state index in [0.717, 1.165) is 36.6 Å². The number of nitrogens with one attached hydrogen (secondary N) is 2. The van der Waals surface area contributed by atoms with Crippen LogP contribution in [-0.4, -0.2) is 77.8 Å². The molecule has 31 heavy (non-hydrogen) atoms. The molecule has 0 radical (unpaired) electrons. The quantitative estimate of drug-likeness (QED) is 0.498. The SMILES string of the molecule is CCN1CCCC1CNC(=NCc1ccccc1-n1ccc(C)n1)NCC(=O)N(C)C. The number of likely N-dealkylation sites (N-methyl/N-ethyl adjacent to an activating group) is 2. The Bertz CT molecular complexity index is 890. The first-order valence-electron chi connectivity index (χ1n) is 11.0. The van der Waals surface area contributed by atoms with Crippen molar-refractivity contribution >= 4 is 11.9 Å². The van der Waals surface area contributed by atoms with Gasteiger partial charge >= 0.3 is 0 Å². The average molecular weight is 426 g/mol. The Morgan fingerprint density at radius 1 is 1.26 bits per heavy atom. The molecule has 0 saturated carbocycles. The van der Waals surface area contributed by atoms with E-state index in [-0.39, 0.29) is 12.5 Å². The molecule has 1 unspecified atom stereocenters. The van der Waals surface area contributed by atoms with Crippen molar-refractivity contribution < 1.29 is 4.79 Å². The maximum Gasteiger partial charge on any atom is 0.241 e. The number of hydrogen-bond donors (Lipinski definition) is 2. The van der Waals surface area contributed by atoms with E-state index in [1.165, 1.54) is 12.8 Å². The number of aryl methyl sites for hydroxylation is 1. The Morgan fingerprint density at radius 2 is 2.06 bits per heavy atom. The third-order valence-corrected chi connectivity index (χ3v) is 5.68. The fourth-order valence-electron chi connectivity index (χ4n) is 3.83. The predicted molar refractivity (Wildman–Crippen MR) is 124 cm³/mol. The van der Waals surface area contributed by atoms with Crippen LogP contribution in [0.25, 0.3) is 5.69 Å². The molecule has 168 valence electrons. The Hall–Kier alpha value is -2.87. The van der Waals surface area contributed by atoms with Crippen LogP contribution in [0.5, 0.6) is 0 Å². The van der Waals surface area contributed by atoms with Gasteiger partial charge in [-0.2, -0.15) is 5.10 Å². The molecule has 8 nitrogen and oxygen atoms in total. The van der Waals surface area contributed by atoms with Crippen molar-refractivity contribution in [2.75, 3.05) is 40.3 Å². The highest BCUT2D eigenvalue weighted by Gasteiger charge is 2.23. The molecule has 2 heterocycles. The van der Waals surface area contributed by atoms with E-state index in [0.29, 0.717) is 18.5 Å². The second-order valence-electron chi connectivity index (χ2n) is 8.14. The van der Waals surface area contributed by atoms with E-state index in [4.69, 9.17) is 4.99 Å². The molecule has 1 aromatic heterocycles. The summed E-state index contributed by atoms with van der Waals surface area (Å²) in [6, 6.07) is 10.6. The first-order valence-corrected chi connectivity index (χ1v) is 11.0. The van der Waals surface area contributed by atoms with E-state index in [2.05, 4.69) is 33.6 Å². The minimum atomic E-state index is 0.0120. The van der Waals surface area contributed by atoms with Crippen molar-refractivity contribution in [3.63, 3.8) is 0 Å². The number of benzene rings is 1. The predicted octanol–water partition coefficient (Wildman–Crippen LogP) is 1.79. The molecule has 1 aromatic carbocycles. The molecule has 2 N–H and O–H groups in total. The third-order valence-electron chi connectivity index (χ3n) is 5.68. The third kappa shape index (κ3) is 6.30. The number of likely N-dealkylation sites (tertiary alicyclic amines) is 1. The standard InChI is InChI=1S/C23H35N7O/c1-5-29-13-8-10-20(29)16-25-23(26-17-22(31)28(3)4)24-15-19-9-6-7-11-21(19)30-14-12-18(2)27-30/h6-7,9,11-12,14,20H,5,8,10,13,15-17H2,1-4H3,(H2,24,25,26). The molecule has 1 fully saturated rings. The van der Waals surface area contributed by atoms with Gasteiger partial charge in [0, 0.05) is 32.9 Å². The van der Waals surface area contributed by atoms with Crippen LogP contribution in [0, 0.1) is 6.92 Å². The molecule has 1 amide bonds. The van der Waals surface area contributed by atoms with Crippen molar-refractivity contribution in [1.82, 2.24) is 30.2 Å². The zero-order chi connectivity index (χ0) is 22.2. The molecule has 0 bridgehead atoms. The topological polar surface area (TPSA) is 77.8 Å². The molecule has 0 aliphatic carbocycles. The summed E-state index contributed by atoms with van der Waals surface area (Å²) >= 11 is 0. The Kier molecular flexibility index (Phi) is 8.06. The van der Waals surface area contributed by atoms with Crippen molar-refractivity contribution in [3.05, 3.63) is 47.8 Å². The summed E-state index contributed by atoms with van der Waals surface area (Å²) in [6.45, 7) is 7.91. The van der Waals surface area contributed by atoms with Gasteiger partial charge in [-0.15, -0.1) is 0 Å². The lowest BCUT2D eigenvalue weighted by atomic mass is 10.2. The minimum absolute atomic E-state index is 0.0120. The maximum atomic E-state index is 12.1. The van der Waals surface area contributed by atoms with E-state index in [9.17, 15) is 4.79 Å². The lowest BCUT2D eigenvalue weighted by molar-refractivity contribution is -0.127. The van der Waals surface area contributed by atoms with Gasteiger partial charge in [0.05, 0.1) is 24.5 Å². The van der Waals surface area contributed by atoms with Crippen LogP contribution >= 0.6 is 0 Å². The highest BCUT2D eigenvalue weighted by Crippen LogP contribution is 2.16. The van der Waals surface area contributed by atoms with E-state index >= 15 is 0 Å². The number of hydrogen-bond acceptors (Lipinski definition) is 4. The van der Waals surface area contributed by atoms with E-state index in [1.807, 2.05) is 42.1 Å². The van der Waals surface area contributed by atoms with Gasteiger partial charge < -0.3 is 15.5 Å². The molecule has 1 aliphatic rings. The minimum Gasteiger partial charge on any atom is -0.355 e. The summed E-state index contributed by atoms with van der Waals surface area (Å²) < 4.78 is 1.88. The van der Waals surface area contributed by atoms with E-state index in [1.54, 1.807) is 19.0 Å². The van der Waals surface area contributed by atoms with Gasteiger partial charge in [-0.1, -0.05) is 25.1 Å². The van der Waals surface area contributed by atoms with Crippen LogP contribution in [0.4, 0.5) is 0 Å². The zero-order valence-corrected chi connectivity index (χ0v) is 19.1. The van der Waals surface area contributed by atoms with Crippen LogP contribution in [0.1, 0.15) is 31.0 Å². The molecule has 0 spiro atoms. The summed E-state index contributed by atoms with van der Waals surface area (Å²) in [7, 11) is 3.52. The molecule has 1 atom stereocenters. The second kappa shape index (κ2) is 10.9. The van der Waals surface area contributed by atoms with Gasteiger partial charge in [0.15, 0.2) is 5.96 Å². The summed E-state index contributed by atoms with van der Waals surface area (Å²) in [5.41, 5.74) is 3.05. The summed E-state index contributed by atoms with van der Waals surface area (Å²) in [5.74, 6) is 0.669. The lowest BCUT2D eigenvalue weighted by Crippen LogP contribution is -2.47. The number of aliphatic imine (C=N–C) groups is 1. The largest absolute Gasteiger partial charge is 0.355 e. The maximum absolute atomic E-state index is 12.1. The van der Waals surface area contributed by atoms with Crippen molar-refractivity contribution in [1.29, 1.82) is 0 Å². The van der Waals surface area contributed by atoms with Gasteiger partial charge in [-0.25, -0.2) is 9.67 Å². The van der Waals surface area contributed by atoms with E-state index < -0.39 is 0 Å². The molecule has 2 aromatic rings. The molecule has 8 heteroatoms. The fourth-order valence-corrected chi connectivity index (χ4v) is 3.83. The number of guanidine groups is 1. The van der Waals surface area contributed by atoms with Crippen LogP contribution < -0.4 is 10.6 Å². The zero-order valence-electron chi connectivity index (χ0n) is 19.1. The monoisotopic (exact) mass is 425 g/mol. The smallest absolute Gasteiger partial charge is 0.241 e. The normalized spacial score (nSPS) is 17.0. The molecule has 3 rings (SSSR count). The number of carbonyl (C=O) groups excluding carboxylic acids is 1. The fraction of sp³-hybridized carbons (Fsp3) is 0.522. The van der Waals surface area contributed by atoms with Gasteiger partial charge in [0.25, 0.3) is 0 Å². The molecule has 1 aliphatic heterocycles. The number of para-hydroxylation sites is 1. The lowest BCUT2D eigenvalue weighted by Gasteiger charge is -2.24. The number of aromatic nitrogens is 2. The highest BCUT2D eigenvalue weighted by molar-refractivity contribution is 5.86. The van der Waals surface area contributed by atoms with Crippen LogP contribution in [0.2, 0.25) is 0 Å². The van der Waals surface area contributed by atoms with Crippen molar-refractivity contribution in [2.24, 2.45) is 4.99 Å². The van der Waals surface area contributed by atoms with Gasteiger partial charge in [-0.3, -0.25) is 9.69 Å². The van der Waals surface area contributed by atoms with Gasteiger partial charge in [0.1, 0.15) is 0 Å². The molecular formula is C23H35N7O. The Balaban J connectivity index is 1.73. The number of nitrogens with zero attached hydrogens (tertiary/aromatic N) is 5. The molecule has 1 saturated heterocycles. The van der Waals surface area contributed by atoms with Gasteiger partial charge in [0.2, 0.25) is 5.91 Å². The summed E-state index contributed by atoms with van der Waals surface area (Å²) in [6.07, 6.45) is 4.38. The first kappa shape index (κ1) is 22.8. The summed E-state index contributed by atoms with van der Waals surface area (Å²) in [4.78, 5) is 20.9. The highest BCUT2D eigenvalue weighted by atomic mass is 16.2. The van der Waals surface area contributed by atoms with Gasteiger partial charge in [-0.05, 0) is 50.6 Å². The van der Waals surface area contributed by atoms with Crippen molar-refractivity contribution in [3.8, 4) is 5.69 Å². The number of amides is 1.